The summed E-state index contributed by atoms with van der Waals surface area (Å²) in [7, 11) is 1.62. The lowest BCUT2D eigenvalue weighted by Gasteiger charge is -2.19. The second-order valence-electron chi connectivity index (χ2n) is 4.75. The molecule has 2 aromatic carbocycles. The van der Waals surface area contributed by atoms with Crippen LogP contribution in [0.4, 0.5) is 5.69 Å². The molecule has 1 amide bonds. The quantitative estimate of drug-likeness (QED) is 0.772. The highest BCUT2D eigenvalue weighted by molar-refractivity contribution is 5.86. The lowest BCUT2D eigenvalue weighted by Crippen LogP contribution is -2.33. The summed E-state index contributed by atoms with van der Waals surface area (Å²) in [5.41, 5.74) is 1.75. The van der Waals surface area contributed by atoms with Gasteiger partial charge in [0.2, 0.25) is 5.91 Å². The number of rotatable bonds is 7. The molecule has 22 heavy (non-hydrogen) atoms. The average molecular weight is 296 g/mol. The van der Waals surface area contributed by atoms with Crippen LogP contribution in [0.5, 0.6) is 5.75 Å². The Hall–Kier alpha value is -2.75. The van der Waals surface area contributed by atoms with Crippen molar-refractivity contribution in [1.82, 2.24) is 5.32 Å². The van der Waals surface area contributed by atoms with Crippen LogP contribution in [-0.2, 0) is 4.79 Å². The Morgan fingerprint density at radius 3 is 2.45 bits per heavy atom. The van der Waals surface area contributed by atoms with Crippen molar-refractivity contribution in [3.05, 3.63) is 72.8 Å². The molecule has 114 valence electrons. The van der Waals surface area contributed by atoms with Crippen molar-refractivity contribution >= 4 is 11.6 Å². The average Bonchev–Trinajstić information content (AvgIpc) is 2.59. The molecule has 0 aliphatic rings. The number of benzene rings is 2. The number of ether oxygens (including phenoxy) is 1. The molecule has 2 aromatic rings. The zero-order valence-corrected chi connectivity index (χ0v) is 12.6. The van der Waals surface area contributed by atoms with Gasteiger partial charge in [0, 0.05) is 12.2 Å². The Balaban J connectivity index is 2.19. The Kier molecular flexibility index (Phi) is 5.60. The normalized spacial score (nSPS) is 11.3. The smallest absolute Gasteiger partial charge is 0.247 e. The number of anilines is 1. The molecular formula is C18H20N2O2. The fraction of sp³-hybridized carbons (Fsp3) is 0.167. The van der Waals surface area contributed by atoms with Gasteiger partial charge in [-0.2, -0.15) is 0 Å². The fourth-order valence-electron chi connectivity index (χ4n) is 2.07. The van der Waals surface area contributed by atoms with Crippen molar-refractivity contribution in [3.63, 3.8) is 0 Å². The van der Waals surface area contributed by atoms with E-state index in [1.54, 1.807) is 13.2 Å². The molecule has 0 fully saturated rings. The second-order valence-corrected chi connectivity index (χ2v) is 4.75. The standard InChI is InChI=1S/C18H20N2O2/c1-3-13-19-18(21)17(14-7-5-4-6-8-14)20-15-9-11-16(22-2)12-10-15/h3-12,17,20H,1,13H2,2H3,(H,19,21)/t17-/m0/s1. The number of carbonyl (C=O) groups excluding carboxylic acids is 1. The summed E-state index contributed by atoms with van der Waals surface area (Å²) in [5, 5.41) is 6.08. The topological polar surface area (TPSA) is 50.4 Å². The van der Waals surface area contributed by atoms with E-state index >= 15 is 0 Å². The number of amides is 1. The molecule has 0 unspecified atom stereocenters. The van der Waals surface area contributed by atoms with Gasteiger partial charge in [-0.1, -0.05) is 36.4 Å². The SMILES string of the molecule is C=CCNC(=O)[C@@H](Nc1ccc(OC)cc1)c1ccccc1. The lowest BCUT2D eigenvalue weighted by atomic mass is 10.1. The van der Waals surface area contributed by atoms with E-state index in [-0.39, 0.29) is 5.91 Å². The number of nitrogens with one attached hydrogen (secondary N) is 2. The van der Waals surface area contributed by atoms with Crippen LogP contribution in [0.25, 0.3) is 0 Å². The first-order chi connectivity index (χ1) is 10.7. The van der Waals surface area contributed by atoms with Crippen molar-refractivity contribution in [1.29, 1.82) is 0 Å². The third-order valence-electron chi connectivity index (χ3n) is 3.22. The number of methoxy groups -OCH3 is 1. The maximum absolute atomic E-state index is 12.4. The molecule has 0 spiro atoms. The number of hydrogen-bond acceptors (Lipinski definition) is 3. The Morgan fingerprint density at radius 2 is 1.86 bits per heavy atom. The fourth-order valence-corrected chi connectivity index (χ4v) is 2.07. The van der Waals surface area contributed by atoms with Crippen molar-refractivity contribution in [2.45, 2.75) is 6.04 Å². The van der Waals surface area contributed by atoms with Crippen LogP contribution in [0.2, 0.25) is 0 Å². The molecule has 0 saturated carbocycles. The largest absolute Gasteiger partial charge is 0.497 e. The number of hydrogen-bond donors (Lipinski definition) is 2. The lowest BCUT2D eigenvalue weighted by molar-refractivity contribution is -0.121. The first-order valence-electron chi connectivity index (χ1n) is 7.08. The van der Waals surface area contributed by atoms with Crippen molar-refractivity contribution in [3.8, 4) is 5.75 Å². The minimum absolute atomic E-state index is 0.0954. The van der Waals surface area contributed by atoms with Gasteiger partial charge < -0.3 is 15.4 Å². The van der Waals surface area contributed by atoms with Crippen molar-refractivity contribution in [2.24, 2.45) is 0 Å². The van der Waals surface area contributed by atoms with Gasteiger partial charge in [0.05, 0.1) is 7.11 Å². The van der Waals surface area contributed by atoms with E-state index in [1.807, 2.05) is 54.6 Å². The molecule has 4 nitrogen and oxygen atoms in total. The van der Waals surface area contributed by atoms with E-state index in [0.29, 0.717) is 6.54 Å². The van der Waals surface area contributed by atoms with Gasteiger partial charge in [-0.05, 0) is 29.8 Å². The van der Waals surface area contributed by atoms with E-state index in [4.69, 9.17) is 4.74 Å². The second kappa shape index (κ2) is 7.88. The maximum atomic E-state index is 12.4. The van der Waals surface area contributed by atoms with Crippen LogP contribution in [0.3, 0.4) is 0 Å². The predicted molar refractivity (Wildman–Crippen MR) is 89.0 cm³/mol. The molecule has 2 N–H and O–H groups in total. The summed E-state index contributed by atoms with van der Waals surface area (Å²) in [5.74, 6) is 0.680. The molecule has 1 atom stereocenters. The number of carbonyl (C=O) groups is 1. The molecule has 2 rings (SSSR count). The Bertz CT molecular complexity index is 609. The molecule has 0 aliphatic heterocycles. The summed E-state index contributed by atoms with van der Waals surface area (Å²) >= 11 is 0. The van der Waals surface area contributed by atoms with Gasteiger partial charge in [-0.3, -0.25) is 4.79 Å². The highest BCUT2D eigenvalue weighted by Crippen LogP contribution is 2.22. The third-order valence-corrected chi connectivity index (χ3v) is 3.22. The van der Waals surface area contributed by atoms with Crippen LogP contribution < -0.4 is 15.4 Å². The summed E-state index contributed by atoms with van der Waals surface area (Å²) in [4.78, 5) is 12.4. The van der Waals surface area contributed by atoms with Crippen LogP contribution in [0.15, 0.2) is 67.3 Å². The van der Waals surface area contributed by atoms with E-state index in [9.17, 15) is 4.79 Å². The summed E-state index contributed by atoms with van der Waals surface area (Å²) in [6.07, 6.45) is 1.66. The first kappa shape index (κ1) is 15.6. The van der Waals surface area contributed by atoms with Crippen LogP contribution in [0.1, 0.15) is 11.6 Å². The first-order valence-corrected chi connectivity index (χ1v) is 7.08. The van der Waals surface area contributed by atoms with Gasteiger partial charge in [0.15, 0.2) is 0 Å². The monoisotopic (exact) mass is 296 g/mol. The zero-order valence-electron chi connectivity index (χ0n) is 12.6. The summed E-state index contributed by atoms with van der Waals surface area (Å²) in [6, 6.07) is 16.6. The molecule has 0 aliphatic carbocycles. The Morgan fingerprint density at radius 1 is 1.18 bits per heavy atom. The minimum Gasteiger partial charge on any atom is -0.497 e. The van der Waals surface area contributed by atoms with E-state index in [2.05, 4.69) is 17.2 Å². The van der Waals surface area contributed by atoms with Crippen LogP contribution in [0, 0.1) is 0 Å². The third kappa shape index (κ3) is 4.12. The van der Waals surface area contributed by atoms with E-state index in [0.717, 1.165) is 17.0 Å². The van der Waals surface area contributed by atoms with Gasteiger partial charge in [0.1, 0.15) is 11.8 Å². The highest BCUT2D eigenvalue weighted by Gasteiger charge is 2.19. The van der Waals surface area contributed by atoms with Crippen molar-refractivity contribution < 1.29 is 9.53 Å². The van der Waals surface area contributed by atoms with E-state index in [1.165, 1.54) is 0 Å². The van der Waals surface area contributed by atoms with Gasteiger partial charge in [0.25, 0.3) is 0 Å². The van der Waals surface area contributed by atoms with Gasteiger partial charge >= 0.3 is 0 Å². The summed E-state index contributed by atoms with van der Waals surface area (Å²) in [6.45, 7) is 4.06. The minimum atomic E-state index is -0.463. The maximum Gasteiger partial charge on any atom is 0.247 e. The zero-order chi connectivity index (χ0) is 15.8. The molecule has 0 saturated heterocycles. The Labute approximate surface area is 130 Å². The predicted octanol–water partition coefficient (Wildman–Crippen LogP) is 3.15. The van der Waals surface area contributed by atoms with Gasteiger partial charge in [-0.25, -0.2) is 0 Å². The van der Waals surface area contributed by atoms with Crippen molar-refractivity contribution in [2.75, 3.05) is 19.0 Å². The molecular weight excluding hydrogens is 276 g/mol. The molecule has 0 radical (unpaired) electrons. The molecule has 0 bridgehead atoms. The van der Waals surface area contributed by atoms with Crippen LogP contribution >= 0.6 is 0 Å². The van der Waals surface area contributed by atoms with Gasteiger partial charge in [-0.15, -0.1) is 6.58 Å². The van der Waals surface area contributed by atoms with Crippen LogP contribution in [-0.4, -0.2) is 19.6 Å². The highest BCUT2D eigenvalue weighted by atomic mass is 16.5. The molecule has 4 heteroatoms. The van der Waals surface area contributed by atoms with E-state index < -0.39 is 6.04 Å². The molecule has 0 aromatic heterocycles. The summed E-state index contributed by atoms with van der Waals surface area (Å²) < 4.78 is 5.14. The molecule has 0 heterocycles.